The van der Waals surface area contributed by atoms with Crippen LogP contribution in [0.1, 0.15) is 39.9 Å². The Balaban J connectivity index is 1.65. The van der Waals surface area contributed by atoms with E-state index in [0.29, 0.717) is 18.7 Å². The summed E-state index contributed by atoms with van der Waals surface area (Å²) in [5.74, 6) is -3.00. The van der Waals surface area contributed by atoms with Crippen LogP contribution < -0.4 is 5.32 Å². The lowest BCUT2D eigenvalue weighted by Crippen LogP contribution is -2.50. The molecule has 0 fully saturated rings. The van der Waals surface area contributed by atoms with Gasteiger partial charge in [0.05, 0.1) is 26.1 Å². The Morgan fingerprint density at radius 2 is 1.89 bits per heavy atom. The number of fused-ring (bicyclic) bond motifs is 1. The Morgan fingerprint density at radius 1 is 1.17 bits per heavy atom. The second kappa shape index (κ2) is 11.8. The van der Waals surface area contributed by atoms with Crippen molar-refractivity contribution in [3.8, 4) is 0 Å². The number of ether oxygens (including phenoxy) is 1. The normalized spacial score (nSPS) is 13.5. The van der Waals surface area contributed by atoms with Gasteiger partial charge in [-0.25, -0.2) is 9.59 Å². The molecule has 13 nitrogen and oxygen atoms in total. The van der Waals surface area contributed by atoms with Gasteiger partial charge in [-0.15, -0.1) is 0 Å². The van der Waals surface area contributed by atoms with Crippen LogP contribution in [0.15, 0.2) is 36.4 Å². The molecule has 0 saturated heterocycles. The Labute approximate surface area is 206 Å². The van der Waals surface area contributed by atoms with E-state index in [1.807, 2.05) is 0 Å². The van der Waals surface area contributed by atoms with Gasteiger partial charge in [0.2, 0.25) is 0 Å². The maximum absolute atomic E-state index is 12.7. The lowest BCUT2D eigenvalue weighted by molar-refractivity contribution is -0.143. The highest BCUT2D eigenvalue weighted by molar-refractivity contribution is 5.98. The molecule has 1 aromatic heterocycles. The summed E-state index contributed by atoms with van der Waals surface area (Å²) in [6.45, 7) is 2.01. The quantitative estimate of drug-likeness (QED) is 0.374. The molecule has 3 amide bonds. The third-order valence-corrected chi connectivity index (χ3v) is 5.55. The van der Waals surface area contributed by atoms with Gasteiger partial charge in [0.15, 0.2) is 11.7 Å². The number of nitrogens with one attached hydrogen (secondary N) is 1. The molecule has 0 unspecified atom stereocenters. The number of aliphatic carboxylic acids is 1. The first-order valence-corrected chi connectivity index (χ1v) is 11.3. The van der Waals surface area contributed by atoms with Gasteiger partial charge in [-0.05, 0) is 12.5 Å². The number of rotatable bonds is 11. The highest BCUT2D eigenvalue weighted by Gasteiger charge is 2.32. The molecular formula is C23H27N5O8. The third-order valence-electron chi connectivity index (χ3n) is 5.55. The molecule has 192 valence electrons. The number of carbonyl (C=O) groups excluding carboxylic acids is 3. The van der Waals surface area contributed by atoms with Crippen molar-refractivity contribution in [1.82, 2.24) is 24.9 Å². The minimum absolute atomic E-state index is 0.0424. The molecule has 0 aliphatic carbocycles. The second-order valence-electron chi connectivity index (χ2n) is 7.95. The van der Waals surface area contributed by atoms with E-state index in [1.165, 1.54) is 15.6 Å². The summed E-state index contributed by atoms with van der Waals surface area (Å²) in [5.41, 5.74) is 0.631. The van der Waals surface area contributed by atoms with E-state index in [2.05, 4.69) is 10.4 Å². The number of nitrogens with zero attached hydrogens (tertiary/aromatic N) is 4. The zero-order valence-corrected chi connectivity index (χ0v) is 19.6. The molecule has 36 heavy (non-hydrogen) atoms. The van der Waals surface area contributed by atoms with Gasteiger partial charge in [-0.3, -0.25) is 24.0 Å². The predicted molar refractivity (Wildman–Crippen MR) is 123 cm³/mol. The van der Waals surface area contributed by atoms with Crippen LogP contribution in [0.25, 0.3) is 0 Å². The molecule has 13 heteroatoms. The van der Waals surface area contributed by atoms with Crippen LogP contribution in [0.4, 0.5) is 4.79 Å². The van der Waals surface area contributed by atoms with Crippen molar-refractivity contribution < 1.29 is 38.9 Å². The fourth-order valence-electron chi connectivity index (χ4n) is 3.72. The summed E-state index contributed by atoms with van der Waals surface area (Å²) >= 11 is 0. The van der Waals surface area contributed by atoms with Crippen molar-refractivity contribution in [2.24, 2.45) is 0 Å². The van der Waals surface area contributed by atoms with Crippen LogP contribution in [0.3, 0.4) is 0 Å². The summed E-state index contributed by atoms with van der Waals surface area (Å²) in [6, 6.07) is 8.20. The maximum Gasteiger partial charge on any atom is 0.408 e. The average Bonchev–Trinajstić information content (AvgIpc) is 3.29. The summed E-state index contributed by atoms with van der Waals surface area (Å²) in [7, 11) is 0. The number of carbonyl (C=O) groups is 5. The molecule has 0 saturated carbocycles. The van der Waals surface area contributed by atoms with Gasteiger partial charge in [-0.2, -0.15) is 5.10 Å². The van der Waals surface area contributed by atoms with Gasteiger partial charge in [0, 0.05) is 25.7 Å². The zero-order valence-electron chi connectivity index (χ0n) is 19.6. The number of amides is 3. The summed E-state index contributed by atoms with van der Waals surface area (Å²) < 4.78 is 6.24. The highest BCUT2D eigenvalue weighted by Crippen LogP contribution is 2.15. The van der Waals surface area contributed by atoms with Crippen LogP contribution in [0.5, 0.6) is 0 Å². The Morgan fingerprint density at radius 3 is 2.53 bits per heavy atom. The topological polar surface area (TPSA) is 171 Å². The largest absolute Gasteiger partial charge is 0.480 e. The van der Waals surface area contributed by atoms with Crippen molar-refractivity contribution in [1.29, 1.82) is 0 Å². The van der Waals surface area contributed by atoms with Crippen LogP contribution in [-0.4, -0.2) is 91.9 Å². The monoisotopic (exact) mass is 501 g/mol. The minimum atomic E-state index is -1.55. The van der Waals surface area contributed by atoms with Gasteiger partial charge < -0.3 is 25.2 Å². The highest BCUT2D eigenvalue weighted by atomic mass is 16.5. The number of benzene rings is 1. The van der Waals surface area contributed by atoms with E-state index >= 15 is 0 Å². The van der Waals surface area contributed by atoms with E-state index in [9.17, 15) is 34.2 Å². The van der Waals surface area contributed by atoms with Crippen LogP contribution >= 0.6 is 0 Å². The average molecular weight is 501 g/mol. The second-order valence-corrected chi connectivity index (χ2v) is 7.95. The summed E-state index contributed by atoms with van der Waals surface area (Å²) in [5, 5.41) is 25.7. The molecule has 3 rings (SSSR count). The van der Waals surface area contributed by atoms with Gasteiger partial charge in [0.1, 0.15) is 5.69 Å². The molecule has 3 N–H and O–H groups in total. The molecule has 1 aliphatic heterocycles. The summed E-state index contributed by atoms with van der Waals surface area (Å²) in [6.07, 6.45) is -1.41. The Bertz CT molecular complexity index is 1130. The van der Waals surface area contributed by atoms with Crippen LogP contribution in [0.2, 0.25) is 0 Å². The van der Waals surface area contributed by atoms with Crippen molar-refractivity contribution in [2.45, 2.75) is 32.5 Å². The molecule has 0 bridgehead atoms. The van der Waals surface area contributed by atoms with E-state index in [4.69, 9.17) is 4.74 Å². The van der Waals surface area contributed by atoms with Gasteiger partial charge in [0.25, 0.3) is 11.8 Å². The van der Waals surface area contributed by atoms with Crippen LogP contribution in [-0.2, 0) is 27.4 Å². The smallest absolute Gasteiger partial charge is 0.408 e. The number of hydrogen-bond acceptors (Lipinski definition) is 7. The van der Waals surface area contributed by atoms with Crippen molar-refractivity contribution in [3.63, 3.8) is 0 Å². The van der Waals surface area contributed by atoms with Crippen molar-refractivity contribution >= 4 is 29.8 Å². The first-order valence-electron chi connectivity index (χ1n) is 11.3. The van der Waals surface area contributed by atoms with Crippen molar-refractivity contribution in [3.05, 3.63) is 53.3 Å². The molecule has 1 aliphatic rings. The minimum Gasteiger partial charge on any atom is -0.480 e. The number of esters is 1. The molecule has 2 heterocycles. The number of carboxylic acids is 1. The maximum atomic E-state index is 12.7. The fourth-order valence-corrected chi connectivity index (χ4v) is 3.72. The van der Waals surface area contributed by atoms with Crippen LogP contribution in [0, 0.1) is 0 Å². The fraction of sp³-hybridized carbons (Fsp3) is 0.391. The molecular weight excluding hydrogens is 474 g/mol. The molecule has 2 aromatic rings. The molecule has 0 radical (unpaired) electrons. The van der Waals surface area contributed by atoms with E-state index in [-0.39, 0.29) is 37.5 Å². The van der Waals surface area contributed by atoms with Crippen molar-refractivity contribution in [2.75, 3.05) is 26.2 Å². The first kappa shape index (κ1) is 26.2. The third kappa shape index (κ3) is 6.37. The lowest BCUT2D eigenvalue weighted by Gasteiger charge is -2.27. The van der Waals surface area contributed by atoms with E-state index in [1.54, 1.807) is 37.3 Å². The Hall–Kier alpha value is -4.42. The zero-order chi connectivity index (χ0) is 26.2. The van der Waals surface area contributed by atoms with E-state index in [0.717, 1.165) is 4.90 Å². The lowest BCUT2D eigenvalue weighted by atomic mass is 10.1. The molecule has 0 spiro atoms. The SMILES string of the molecule is CCOC(=O)CCN1CCn2nc(C(=O)NC[C@@H](C(=O)O)N(Cc3ccccc3)C(=O)O)cc2C1=O. The first-order chi connectivity index (χ1) is 17.2. The van der Waals surface area contributed by atoms with Gasteiger partial charge >= 0.3 is 18.0 Å². The van der Waals surface area contributed by atoms with Gasteiger partial charge in [-0.1, -0.05) is 30.3 Å². The number of hydrogen-bond donors (Lipinski definition) is 3. The summed E-state index contributed by atoms with van der Waals surface area (Å²) in [4.78, 5) is 62.8. The number of carboxylic acid groups (broad SMARTS) is 2. The molecule has 1 atom stereocenters. The standard InChI is InChI=1S/C23H27N5O8/c1-2-36-19(29)8-9-26-10-11-28-17(21(26)31)12-16(25-28)20(30)24-13-18(22(32)33)27(23(34)35)14-15-6-4-3-5-7-15/h3-7,12,18H,2,8-11,13-14H2,1H3,(H,24,30)(H,32,33)(H,34,35)/t18-/m0/s1. The molecule has 1 aromatic carbocycles. The predicted octanol–water partition coefficient (Wildman–Crippen LogP) is 0.655. The number of aromatic nitrogens is 2. The Kier molecular flexibility index (Phi) is 8.60. The van der Waals surface area contributed by atoms with E-state index < -0.39 is 42.4 Å².